The number of likely N-dealkylation sites (N-methyl/N-ethyl adjacent to an activating group) is 1. The van der Waals surface area contributed by atoms with E-state index >= 15 is 0 Å². The Kier molecular flexibility index (Phi) is 5.40. The van der Waals surface area contributed by atoms with Crippen LogP contribution < -0.4 is 5.32 Å². The topological polar surface area (TPSA) is 44.7 Å². The molecule has 1 saturated heterocycles. The highest BCUT2D eigenvalue weighted by Gasteiger charge is 2.17. The van der Waals surface area contributed by atoms with Gasteiger partial charge in [-0.1, -0.05) is 6.92 Å². The minimum Gasteiger partial charge on any atom is -0.392 e. The van der Waals surface area contributed by atoms with Crippen LogP contribution in [-0.2, 0) is 4.74 Å². The van der Waals surface area contributed by atoms with Gasteiger partial charge in [-0.15, -0.1) is 0 Å². The molecule has 0 amide bonds. The first-order chi connectivity index (χ1) is 6.72. The van der Waals surface area contributed by atoms with Crippen LogP contribution in [0.15, 0.2) is 0 Å². The van der Waals surface area contributed by atoms with Crippen molar-refractivity contribution < 1.29 is 9.84 Å². The molecule has 0 bridgehead atoms. The second-order valence-electron chi connectivity index (χ2n) is 3.98. The van der Waals surface area contributed by atoms with Gasteiger partial charge in [-0.2, -0.15) is 0 Å². The Hall–Kier alpha value is -0.160. The summed E-state index contributed by atoms with van der Waals surface area (Å²) in [5.74, 6) is 0. The molecule has 14 heavy (non-hydrogen) atoms. The van der Waals surface area contributed by atoms with E-state index in [2.05, 4.69) is 17.3 Å². The minimum absolute atomic E-state index is 0.226. The highest BCUT2D eigenvalue weighted by Crippen LogP contribution is 2.01. The molecular weight excluding hydrogens is 180 g/mol. The van der Waals surface area contributed by atoms with Crippen LogP contribution >= 0.6 is 0 Å². The third kappa shape index (κ3) is 4.37. The normalized spacial score (nSPS) is 26.4. The van der Waals surface area contributed by atoms with Gasteiger partial charge in [-0.05, 0) is 13.5 Å². The molecule has 0 unspecified atom stereocenters. The second-order valence-corrected chi connectivity index (χ2v) is 3.98. The summed E-state index contributed by atoms with van der Waals surface area (Å²) in [4.78, 5) is 2.27. The Morgan fingerprint density at radius 3 is 3.07 bits per heavy atom. The van der Waals surface area contributed by atoms with Crippen molar-refractivity contribution in [2.45, 2.75) is 25.6 Å². The van der Waals surface area contributed by atoms with E-state index in [1.165, 1.54) is 0 Å². The van der Waals surface area contributed by atoms with Crippen molar-refractivity contribution in [1.29, 1.82) is 0 Å². The third-order valence-corrected chi connectivity index (χ3v) is 2.57. The van der Waals surface area contributed by atoms with Crippen molar-refractivity contribution >= 4 is 0 Å². The van der Waals surface area contributed by atoms with Gasteiger partial charge in [0.15, 0.2) is 0 Å². The van der Waals surface area contributed by atoms with E-state index in [0.29, 0.717) is 6.54 Å². The van der Waals surface area contributed by atoms with Gasteiger partial charge < -0.3 is 20.1 Å². The molecule has 1 aliphatic heterocycles. The van der Waals surface area contributed by atoms with E-state index in [1.54, 1.807) is 0 Å². The molecule has 0 aromatic rings. The zero-order valence-electron chi connectivity index (χ0n) is 9.20. The molecule has 0 aliphatic carbocycles. The fourth-order valence-corrected chi connectivity index (χ4v) is 1.55. The van der Waals surface area contributed by atoms with Gasteiger partial charge in [0.2, 0.25) is 0 Å². The quantitative estimate of drug-likeness (QED) is 0.641. The molecule has 4 nitrogen and oxygen atoms in total. The smallest absolute Gasteiger partial charge is 0.0826 e. The monoisotopic (exact) mass is 202 g/mol. The van der Waals surface area contributed by atoms with Gasteiger partial charge in [0.05, 0.1) is 18.8 Å². The van der Waals surface area contributed by atoms with Crippen LogP contribution in [0, 0.1) is 0 Å². The second kappa shape index (κ2) is 6.35. The standard InChI is InChI=1S/C10H22N2O2/c1-3-9(13)6-11-7-10-8-12(2)4-5-14-10/h9-11,13H,3-8H2,1-2H3/t9-,10+/m1/s1. The SMILES string of the molecule is CC[C@@H](O)CNC[C@H]1CN(C)CCO1. The molecule has 0 aromatic carbocycles. The predicted molar refractivity (Wildman–Crippen MR) is 56.4 cm³/mol. The van der Waals surface area contributed by atoms with Crippen molar-refractivity contribution in [2.24, 2.45) is 0 Å². The zero-order chi connectivity index (χ0) is 10.4. The van der Waals surface area contributed by atoms with E-state index in [9.17, 15) is 5.11 Å². The van der Waals surface area contributed by atoms with E-state index in [1.807, 2.05) is 6.92 Å². The molecule has 0 aromatic heterocycles. The molecule has 2 atom stereocenters. The Morgan fingerprint density at radius 2 is 2.43 bits per heavy atom. The van der Waals surface area contributed by atoms with Crippen molar-refractivity contribution in [3.05, 3.63) is 0 Å². The summed E-state index contributed by atoms with van der Waals surface area (Å²) < 4.78 is 5.58. The van der Waals surface area contributed by atoms with Crippen LogP contribution in [0.2, 0.25) is 0 Å². The number of aliphatic hydroxyl groups excluding tert-OH is 1. The van der Waals surface area contributed by atoms with Crippen LogP contribution in [0.5, 0.6) is 0 Å². The number of aliphatic hydroxyl groups is 1. The highest BCUT2D eigenvalue weighted by molar-refractivity contribution is 4.71. The lowest BCUT2D eigenvalue weighted by Gasteiger charge is -2.30. The van der Waals surface area contributed by atoms with Crippen molar-refractivity contribution in [3.8, 4) is 0 Å². The van der Waals surface area contributed by atoms with Crippen LogP contribution in [0.4, 0.5) is 0 Å². The number of morpholine rings is 1. The molecular formula is C10H22N2O2. The fourth-order valence-electron chi connectivity index (χ4n) is 1.55. The summed E-state index contributed by atoms with van der Waals surface area (Å²) in [5, 5.41) is 12.6. The predicted octanol–water partition coefficient (Wildman–Crippen LogP) is -0.322. The first kappa shape index (κ1) is 11.9. The van der Waals surface area contributed by atoms with Crippen molar-refractivity contribution in [3.63, 3.8) is 0 Å². The van der Waals surface area contributed by atoms with Gasteiger partial charge >= 0.3 is 0 Å². The maximum absolute atomic E-state index is 9.33. The maximum atomic E-state index is 9.33. The number of nitrogens with one attached hydrogen (secondary N) is 1. The number of hydrogen-bond acceptors (Lipinski definition) is 4. The molecule has 1 aliphatic rings. The third-order valence-electron chi connectivity index (χ3n) is 2.57. The number of rotatable bonds is 5. The first-order valence-electron chi connectivity index (χ1n) is 5.41. The maximum Gasteiger partial charge on any atom is 0.0826 e. The Balaban J connectivity index is 2.05. The number of nitrogens with zero attached hydrogens (tertiary/aromatic N) is 1. The molecule has 4 heteroatoms. The van der Waals surface area contributed by atoms with E-state index in [-0.39, 0.29) is 12.2 Å². The van der Waals surface area contributed by atoms with E-state index in [4.69, 9.17) is 4.74 Å². The van der Waals surface area contributed by atoms with Crippen molar-refractivity contribution in [1.82, 2.24) is 10.2 Å². The van der Waals surface area contributed by atoms with Gasteiger partial charge in [-0.3, -0.25) is 0 Å². The summed E-state index contributed by atoms with van der Waals surface area (Å²) in [7, 11) is 2.11. The van der Waals surface area contributed by atoms with Crippen LogP contribution in [0.1, 0.15) is 13.3 Å². The van der Waals surface area contributed by atoms with E-state index < -0.39 is 0 Å². The van der Waals surface area contributed by atoms with Crippen LogP contribution in [-0.4, -0.2) is 62.0 Å². The molecule has 1 heterocycles. The van der Waals surface area contributed by atoms with Gasteiger partial charge in [0.25, 0.3) is 0 Å². The first-order valence-corrected chi connectivity index (χ1v) is 5.41. The molecule has 1 fully saturated rings. The Labute approximate surface area is 86.2 Å². The molecule has 0 spiro atoms. The lowest BCUT2D eigenvalue weighted by Crippen LogP contribution is -2.45. The largest absolute Gasteiger partial charge is 0.392 e. The highest BCUT2D eigenvalue weighted by atomic mass is 16.5. The van der Waals surface area contributed by atoms with Crippen LogP contribution in [0.25, 0.3) is 0 Å². The molecule has 1 rings (SSSR count). The fraction of sp³-hybridized carbons (Fsp3) is 1.00. The summed E-state index contributed by atoms with van der Waals surface area (Å²) >= 11 is 0. The molecule has 0 saturated carbocycles. The summed E-state index contributed by atoms with van der Waals surface area (Å²) in [5.41, 5.74) is 0. The minimum atomic E-state index is -0.226. The molecule has 0 radical (unpaired) electrons. The average Bonchev–Trinajstić information content (AvgIpc) is 2.17. The Bertz CT molecular complexity index is 155. The lowest BCUT2D eigenvalue weighted by molar-refractivity contribution is -0.0191. The molecule has 84 valence electrons. The van der Waals surface area contributed by atoms with Gasteiger partial charge in [-0.25, -0.2) is 0 Å². The van der Waals surface area contributed by atoms with Crippen molar-refractivity contribution in [2.75, 3.05) is 39.8 Å². The summed E-state index contributed by atoms with van der Waals surface area (Å²) in [6, 6.07) is 0. The lowest BCUT2D eigenvalue weighted by atomic mass is 10.2. The number of hydrogen-bond donors (Lipinski definition) is 2. The summed E-state index contributed by atoms with van der Waals surface area (Å²) in [6.07, 6.45) is 0.854. The van der Waals surface area contributed by atoms with Crippen LogP contribution in [0.3, 0.4) is 0 Å². The number of ether oxygens (including phenoxy) is 1. The average molecular weight is 202 g/mol. The van der Waals surface area contributed by atoms with E-state index in [0.717, 1.165) is 32.7 Å². The zero-order valence-corrected chi connectivity index (χ0v) is 9.20. The Morgan fingerprint density at radius 1 is 1.64 bits per heavy atom. The summed E-state index contributed by atoms with van der Waals surface area (Å²) in [6.45, 7) is 6.31. The molecule has 2 N–H and O–H groups in total. The van der Waals surface area contributed by atoms with Gasteiger partial charge in [0, 0.05) is 26.2 Å². The van der Waals surface area contributed by atoms with Gasteiger partial charge in [0.1, 0.15) is 0 Å².